The Morgan fingerprint density at radius 1 is 1.11 bits per heavy atom. The maximum absolute atomic E-state index is 12.9. The fraction of sp³-hybridized carbons (Fsp3) is 0.381. The van der Waals surface area contributed by atoms with E-state index in [1.54, 1.807) is 17.5 Å². The second-order valence-corrected chi connectivity index (χ2v) is 9.37. The highest BCUT2D eigenvalue weighted by Crippen LogP contribution is 2.37. The number of Topliss-reactive ketones (excluding diaryl/α,β-unsaturated/α-hetero) is 1. The SMILES string of the molecule is Cc1ccc(CCC(=O)c2nc(-c3ncc(C)s3)sc2C(O)C(C)C)cc1. The van der Waals surface area contributed by atoms with Crippen LogP contribution in [0.3, 0.4) is 0 Å². The van der Waals surface area contributed by atoms with Gasteiger partial charge in [-0.3, -0.25) is 4.79 Å². The van der Waals surface area contributed by atoms with E-state index in [9.17, 15) is 9.90 Å². The van der Waals surface area contributed by atoms with E-state index in [1.807, 2.05) is 27.7 Å². The zero-order valence-electron chi connectivity index (χ0n) is 16.0. The Labute approximate surface area is 168 Å². The normalized spacial score (nSPS) is 12.5. The number of aryl methyl sites for hydroxylation is 3. The third-order valence-electron chi connectivity index (χ3n) is 4.38. The van der Waals surface area contributed by atoms with Gasteiger partial charge in [0.05, 0.1) is 11.0 Å². The molecule has 1 unspecified atom stereocenters. The number of thiazole rings is 2. The van der Waals surface area contributed by atoms with Crippen LogP contribution in [0.25, 0.3) is 10.0 Å². The van der Waals surface area contributed by atoms with Crippen molar-refractivity contribution in [2.45, 2.75) is 46.6 Å². The van der Waals surface area contributed by atoms with E-state index < -0.39 is 6.10 Å². The van der Waals surface area contributed by atoms with Gasteiger partial charge in [0.2, 0.25) is 0 Å². The molecule has 0 aliphatic heterocycles. The summed E-state index contributed by atoms with van der Waals surface area (Å²) in [5, 5.41) is 12.1. The highest BCUT2D eigenvalue weighted by atomic mass is 32.1. The Balaban J connectivity index is 1.86. The maximum atomic E-state index is 12.9. The van der Waals surface area contributed by atoms with Gasteiger partial charge < -0.3 is 5.11 Å². The summed E-state index contributed by atoms with van der Waals surface area (Å²) in [6.07, 6.45) is 2.15. The summed E-state index contributed by atoms with van der Waals surface area (Å²) >= 11 is 2.93. The largest absolute Gasteiger partial charge is 0.387 e. The zero-order valence-corrected chi connectivity index (χ0v) is 17.7. The average molecular weight is 401 g/mol. The van der Waals surface area contributed by atoms with Gasteiger partial charge in [0.1, 0.15) is 5.69 Å². The Morgan fingerprint density at radius 2 is 1.81 bits per heavy atom. The van der Waals surface area contributed by atoms with E-state index in [1.165, 1.54) is 16.9 Å². The molecule has 27 heavy (non-hydrogen) atoms. The Bertz CT molecular complexity index is 926. The fourth-order valence-electron chi connectivity index (χ4n) is 2.71. The summed E-state index contributed by atoms with van der Waals surface area (Å²) in [5.41, 5.74) is 2.73. The van der Waals surface area contributed by atoms with Gasteiger partial charge in [-0.05, 0) is 31.7 Å². The maximum Gasteiger partial charge on any atom is 0.182 e. The second-order valence-electron chi connectivity index (χ2n) is 7.11. The highest BCUT2D eigenvalue weighted by Gasteiger charge is 2.26. The third kappa shape index (κ3) is 4.69. The topological polar surface area (TPSA) is 63.1 Å². The number of nitrogens with zero attached hydrogens (tertiary/aromatic N) is 2. The van der Waals surface area contributed by atoms with E-state index in [-0.39, 0.29) is 11.7 Å². The lowest BCUT2D eigenvalue weighted by Crippen LogP contribution is -2.11. The van der Waals surface area contributed by atoms with E-state index in [2.05, 4.69) is 34.2 Å². The lowest BCUT2D eigenvalue weighted by molar-refractivity contribution is 0.0961. The Morgan fingerprint density at radius 3 is 2.41 bits per heavy atom. The number of rotatable bonds is 7. The molecule has 0 amide bonds. The number of aliphatic hydroxyl groups is 1. The lowest BCUT2D eigenvalue weighted by Gasteiger charge is -2.13. The van der Waals surface area contributed by atoms with Gasteiger partial charge in [-0.2, -0.15) is 0 Å². The van der Waals surface area contributed by atoms with Crippen LogP contribution < -0.4 is 0 Å². The van der Waals surface area contributed by atoms with Crippen LogP contribution in [0.5, 0.6) is 0 Å². The lowest BCUT2D eigenvalue weighted by atomic mass is 10.0. The number of carbonyl (C=O) groups is 1. The molecule has 1 aromatic carbocycles. The first-order valence-electron chi connectivity index (χ1n) is 9.05. The molecular weight excluding hydrogens is 376 g/mol. The van der Waals surface area contributed by atoms with Crippen molar-refractivity contribution in [3.8, 4) is 10.0 Å². The van der Waals surface area contributed by atoms with Gasteiger partial charge in [0, 0.05) is 17.5 Å². The molecule has 142 valence electrons. The number of benzene rings is 1. The van der Waals surface area contributed by atoms with Gasteiger partial charge in [-0.25, -0.2) is 9.97 Å². The number of hydrogen-bond donors (Lipinski definition) is 1. The van der Waals surface area contributed by atoms with Crippen LogP contribution in [0.4, 0.5) is 0 Å². The van der Waals surface area contributed by atoms with Crippen LogP contribution in [0.15, 0.2) is 30.5 Å². The molecule has 4 nitrogen and oxygen atoms in total. The standard InChI is InChI=1S/C21H24N2O2S2/c1-12(2)18(25)19-17(23-21(27-19)20-22-11-14(4)26-20)16(24)10-9-15-7-5-13(3)6-8-15/h5-8,11-12,18,25H,9-10H2,1-4H3. The molecule has 1 N–H and O–H groups in total. The summed E-state index contributed by atoms with van der Waals surface area (Å²) in [5.74, 6) is -0.0129. The first-order valence-corrected chi connectivity index (χ1v) is 10.7. The zero-order chi connectivity index (χ0) is 19.6. The van der Waals surface area contributed by atoms with Crippen molar-refractivity contribution in [2.75, 3.05) is 0 Å². The first kappa shape index (κ1) is 19.9. The van der Waals surface area contributed by atoms with Gasteiger partial charge in [0.15, 0.2) is 15.8 Å². The quantitative estimate of drug-likeness (QED) is 0.540. The first-order chi connectivity index (χ1) is 12.8. The molecule has 3 aromatic rings. The van der Waals surface area contributed by atoms with Crippen LogP contribution in [0.1, 0.15) is 57.7 Å². The number of hydrogen-bond acceptors (Lipinski definition) is 6. The Hall–Kier alpha value is -1.89. The smallest absolute Gasteiger partial charge is 0.182 e. The van der Waals surface area contributed by atoms with Crippen LogP contribution in [0, 0.1) is 19.8 Å². The third-order valence-corrected chi connectivity index (χ3v) is 6.56. The molecular formula is C21H24N2O2S2. The number of ketones is 1. The van der Waals surface area contributed by atoms with Crippen LogP contribution in [-0.2, 0) is 6.42 Å². The highest BCUT2D eigenvalue weighted by molar-refractivity contribution is 7.21. The van der Waals surface area contributed by atoms with Crippen molar-refractivity contribution < 1.29 is 9.90 Å². The summed E-state index contributed by atoms with van der Waals surface area (Å²) in [6.45, 7) is 7.92. The molecule has 2 aromatic heterocycles. The van der Waals surface area contributed by atoms with E-state index in [0.29, 0.717) is 28.4 Å². The molecule has 6 heteroatoms. The fourth-order valence-corrected chi connectivity index (χ4v) is 4.74. The van der Waals surface area contributed by atoms with Crippen molar-refractivity contribution in [3.05, 3.63) is 57.0 Å². The van der Waals surface area contributed by atoms with E-state index in [0.717, 1.165) is 15.4 Å². The molecule has 0 saturated heterocycles. The molecule has 0 aliphatic rings. The van der Waals surface area contributed by atoms with Crippen molar-refractivity contribution in [1.29, 1.82) is 0 Å². The molecule has 1 atom stereocenters. The minimum absolute atomic E-state index is 0.0139. The molecule has 0 aliphatic carbocycles. The number of aromatic nitrogens is 2. The van der Waals surface area contributed by atoms with Crippen LogP contribution >= 0.6 is 22.7 Å². The predicted octanol–water partition coefficient (Wildman–Crippen LogP) is 5.39. The molecule has 2 heterocycles. The molecule has 0 radical (unpaired) electrons. The predicted molar refractivity (Wildman–Crippen MR) is 112 cm³/mol. The van der Waals surface area contributed by atoms with Crippen LogP contribution in [0.2, 0.25) is 0 Å². The van der Waals surface area contributed by atoms with E-state index >= 15 is 0 Å². The summed E-state index contributed by atoms with van der Waals surface area (Å²) < 4.78 is 0. The minimum atomic E-state index is -0.698. The summed E-state index contributed by atoms with van der Waals surface area (Å²) in [4.78, 5) is 23.6. The van der Waals surface area contributed by atoms with Crippen molar-refractivity contribution >= 4 is 28.5 Å². The van der Waals surface area contributed by atoms with Crippen molar-refractivity contribution in [2.24, 2.45) is 5.92 Å². The van der Waals surface area contributed by atoms with Crippen molar-refractivity contribution in [1.82, 2.24) is 9.97 Å². The number of carbonyl (C=O) groups excluding carboxylic acids is 1. The monoisotopic (exact) mass is 400 g/mol. The second kappa shape index (κ2) is 8.42. The molecule has 0 saturated carbocycles. The van der Waals surface area contributed by atoms with E-state index in [4.69, 9.17) is 0 Å². The van der Waals surface area contributed by atoms with Crippen molar-refractivity contribution in [3.63, 3.8) is 0 Å². The van der Waals surface area contributed by atoms with Gasteiger partial charge >= 0.3 is 0 Å². The van der Waals surface area contributed by atoms with Gasteiger partial charge in [-0.15, -0.1) is 22.7 Å². The van der Waals surface area contributed by atoms with Crippen LogP contribution in [-0.4, -0.2) is 20.9 Å². The minimum Gasteiger partial charge on any atom is -0.387 e. The molecule has 0 fully saturated rings. The van der Waals surface area contributed by atoms with Gasteiger partial charge in [0.25, 0.3) is 0 Å². The molecule has 0 bridgehead atoms. The summed E-state index contributed by atoms with van der Waals surface area (Å²) in [7, 11) is 0. The number of aliphatic hydroxyl groups excluding tert-OH is 1. The molecule has 3 rings (SSSR count). The van der Waals surface area contributed by atoms with Gasteiger partial charge in [-0.1, -0.05) is 43.7 Å². The average Bonchev–Trinajstić information content (AvgIpc) is 3.26. The molecule has 0 spiro atoms. The Kier molecular flexibility index (Phi) is 6.19. The summed E-state index contributed by atoms with van der Waals surface area (Å²) in [6, 6.07) is 8.22.